The van der Waals surface area contributed by atoms with Gasteiger partial charge in [-0.3, -0.25) is 4.79 Å². The van der Waals surface area contributed by atoms with Gasteiger partial charge in [-0.2, -0.15) is 5.26 Å². The molecule has 1 N–H and O–H groups in total. The molecule has 0 bridgehead atoms. The summed E-state index contributed by atoms with van der Waals surface area (Å²) >= 11 is 3.37. The number of carbonyl (C=O) groups is 1. The number of hydrogen-bond acceptors (Lipinski definition) is 2. The van der Waals surface area contributed by atoms with Gasteiger partial charge < -0.3 is 5.32 Å². The number of nitrogens with zero attached hydrogens (tertiary/aromatic N) is 1. The maximum absolute atomic E-state index is 12.0. The Labute approximate surface area is 126 Å². The fraction of sp³-hybridized carbons (Fsp3) is 0.125. The van der Waals surface area contributed by atoms with Crippen molar-refractivity contribution in [2.75, 3.05) is 0 Å². The second-order valence-corrected chi connectivity index (χ2v) is 5.26. The summed E-state index contributed by atoms with van der Waals surface area (Å²) < 4.78 is 0.933. The van der Waals surface area contributed by atoms with Crippen LogP contribution in [0.1, 0.15) is 17.2 Å². The molecular weight excluding hydrogens is 316 g/mol. The van der Waals surface area contributed by atoms with E-state index in [-0.39, 0.29) is 12.3 Å². The van der Waals surface area contributed by atoms with Gasteiger partial charge in [0.15, 0.2) is 0 Å². The smallest absolute Gasteiger partial charge is 0.225 e. The Morgan fingerprint density at radius 2 is 1.95 bits per heavy atom. The van der Waals surface area contributed by atoms with E-state index >= 15 is 0 Å². The summed E-state index contributed by atoms with van der Waals surface area (Å²) in [6.07, 6.45) is 0.254. The van der Waals surface area contributed by atoms with Gasteiger partial charge in [0.05, 0.1) is 12.5 Å². The third-order valence-corrected chi connectivity index (χ3v) is 3.31. The molecule has 100 valence electrons. The van der Waals surface area contributed by atoms with Crippen LogP contribution in [-0.4, -0.2) is 5.91 Å². The molecule has 20 heavy (non-hydrogen) atoms. The zero-order chi connectivity index (χ0) is 14.4. The molecule has 2 rings (SSSR count). The van der Waals surface area contributed by atoms with Crippen molar-refractivity contribution in [1.82, 2.24) is 5.32 Å². The fourth-order valence-corrected chi connectivity index (χ4v) is 2.33. The van der Waals surface area contributed by atoms with Crippen molar-refractivity contribution >= 4 is 21.8 Å². The number of nitriles is 1. The summed E-state index contributed by atoms with van der Waals surface area (Å²) in [6, 6.07) is 18.3. The fourth-order valence-electron chi connectivity index (χ4n) is 1.88. The third-order valence-electron chi connectivity index (χ3n) is 2.82. The Hall–Kier alpha value is -2.12. The number of carbonyl (C=O) groups excluding carboxylic acids is 1. The van der Waals surface area contributed by atoms with Crippen LogP contribution >= 0.6 is 15.9 Å². The van der Waals surface area contributed by atoms with Crippen molar-refractivity contribution in [2.45, 2.75) is 12.5 Å². The summed E-state index contributed by atoms with van der Waals surface area (Å²) in [5.74, 6) is -0.168. The summed E-state index contributed by atoms with van der Waals surface area (Å²) in [5.41, 5.74) is 1.69. The van der Waals surface area contributed by atoms with E-state index in [0.29, 0.717) is 0 Å². The predicted octanol–water partition coefficient (Wildman–Crippen LogP) is 3.37. The summed E-state index contributed by atoms with van der Waals surface area (Å²) in [6.45, 7) is 0. The molecule has 0 aliphatic rings. The van der Waals surface area contributed by atoms with E-state index in [2.05, 4.69) is 27.3 Å². The second-order valence-electron chi connectivity index (χ2n) is 4.35. The molecule has 0 aliphatic heterocycles. The first-order valence-electron chi connectivity index (χ1n) is 6.17. The summed E-state index contributed by atoms with van der Waals surface area (Å²) in [7, 11) is 0. The first kappa shape index (κ1) is 14.3. The quantitative estimate of drug-likeness (QED) is 0.935. The van der Waals surface area contributed by atoms with Crippen LogP contribution in [0.15, 0.2) is 59.1 Å². The third kappa shape index (κ3) is 3.94. The van der Waals surface area contributed by atoms with Gasteiger partial charge in [0.25, 0.3) is 0 Å². The standard InChI is InChI=1S/C16H13BrN2O/c17-14-8-4-5-12(9-14)10-16(20)19-15(11-18)13-6-2-1-3-7-13/h1-9,15H,10H2,(H,19,20). The lowest BCUT2D eigenvalue weighted by atomic mass is 10.1. The van der Waals surface area contributed by atoms with Crippen LogP contribution in [0.25, 0.3) is 0 Å². The molecule has 1 unspecified atom stereocenters. The molecule has 0 aliphatic carbocycles. The topological polar surface area (TPSA) is 52.9 Å². The van der Waals surface area contributed by atoms with E-state index in [0.717, 1.165) is 15.6 Å². The number of nitrogens with one attached hydrogen (secondary N) is 1. The van der Waals surface area contributed by atoms with E-state index in [1.165, 1.54) is 0 Å². The van der Waals surface area contributed by atoms with Crippen LogP contribution in [0.4, 0.5) is 0 Å². The van der Waals surface area contributed by atoms with Gasteiger partial charge in [-0.05, 0) is 23.3 Å². The normalized spacial score (nSPS) is 11.4. The maximum atomic E-state index is 12.0. The lowest BCUT2D eigenvalue weighted by Crippen LogP contribution is -2.28. The van der Waals surface area contributed by atoms with Gasteiger partial charge >= 0.3 is 0 Å². The molecule has 2 aromatic rings. The maximum Gasteiger partial charge on any atom is 0.225 e. The van der Waals surface area contributed by atoms with E-state index < -0.39 is 6.04 Å². The van der Waals surface area contributed by atoms with Crippen molar-refractivity contribution in [2.24, 2.45) is 0 Å². The van der Waals surface area contributed by atoms with Crippen molar-refractivity contribution in [3.63, 3.8) is 0 Å². The largest absolute Gasteiger partial charge is 0.336 e. The molecule has 0 spiro atoms. The predicted molar refractivity (Wildman–Crippen MR) is 80.8 cm³/mol. The first-order chi connectivity index (χ1) is 9.69. The Morgan fingerprint density at radius 3 is 2.60 bits per heavy atom. The highest BCUT2D eigenvalue weighted by Gasteiger charge is 2.13. The van der Waals surface area contributed by atoms with Gasteiger partial charge in [0.2, 0.25) is 5.91 Å². The summed E-state index contributed by atoms with van der Waals surface area (Å²) in [5, 5.41) is 11.9. The first-order valence-corrected chi connectivity index (χ1v) is 6.96. The van der Waals surface area contributed by atoms with Crippen LogP contribution in [0.2, 0.25) is 0 Å². The molecule has 1 amide bonds. The zero-order valence-corrected chi connectivity index (χ0v) is 12.3. The molecule has 4 heteroatoms. The average Bonchev–Trinajstić information content (AvgIpc) is 2.45. The Bertz CT molecular complexity index is 634. The van der Waals surface area contributed by atoms with Gasteiger partial charge in [-0.25, -0.2) is 0 Å². The highest BCUT2D eigenvalue weighted by atomic mass is 79.9. The molecule has 0 fully saturated rings. The molecule has 2 aromatic carbocycles. The van der Waals surface area contributed by atoms with Crippen LogP contribution < -0.4 is 5.32 Å². The molecule has 0 heterocycles. The molecule has 0 aromatic heterocycles. The summed E-state index contributed by atoms with van der Waals surface area (Å²) in [4.78, 5) is 12.0. The van der Waals surface area contributed by atoms with E-state index in [4.69, 9.17) is 5.26 Å². The Morgan fingerprint density at radius 1 is 1.20 bits per heavy atom. The minimum Gasteiger partial charge on any atom is -0.336 e. The van der Waals surface area contributed by atoms with E-state index in [9.17, 15) is 4.79 Å². The van der Waals surface area contributed by atoms with Gasteiger partial charge in [-0.15, -0.1) is 0 Å². The van der Waals surface area contributed by atoms with Crippen molar-refractivity contribution in [3.05, 3.63) is 70.2 Å². The van der Waals surface area contributed by atoms with Gasteiger partial charge in [0, 0.05) is 4.47 Å². The van der Waals surface area contributed by atoms with Crippen molar-refractivity contribution < 1.29 is 4.79 Å². The molecule has 1 atom stereocenters. The lowest BCUT2D eigenvalue weighted by Gasteiger charge is -2.12. The minimum atomic E-state index is -0.615. The molecule has 3 nitrogen and oxygen atoms in total. The van der Waals surface area contributed by atoms with Crippen LogP contribution in [0, 0.1) is 11.3 Å². The van der Waals surface area contributed by atoms with E-state index in [1.807, 2.05) is 54.6 Å². The SMILES string of the molecule is N#CC(NC(=O)Cc1cccc(Br)c1)c1ccccc1. The molecular formula is C16H13BrN2O. The number of halogens is 1. The number of hydrogen-bond donors (Lipinski definition) is 1. The molecule has 0 saturated heterocycles. The second kappa shape index (κ2) is 6.88. The van der Waals surface area contributed by atoms with Gasteiger partial charge in [0.1, 0.15) is 6.04 Å². The van der Waals surface area contributed by atoms with Crippen LogP contribution in [-0.2, 0) is 11.2 Å². The average molecular weight is 329 g/mol. The number of benzene rings is 2. The number of rotatable bonds is 4. The van der Waals surface area contributed by atoms with Crippen molar-refractivity contribution in [3.8, 4) is 6.07 Å². The number of amides is 1. The Kier molecular flexibility index (Phi) is 4.91. The van der Waals surface area contributed by atoms with Crippen LogP contribution in [0.5, 0.6) is 0 Å². The van der Waals surface area contributed by atoms with Crippen molar-refractivity contribution in [1.29, 1.82) is 5.26 Å². The van der Waals surface area contributed by atoms with Crippen LogP contribution in [0.3, 0.4) is 0 Å². The lowest BCUT2D eigenvalue weighted by molar-refractivity contribution is -0.120. The minimum absolute atomic E-state index is 0.168. The van der Waals surface area contributed by atoms with E-state index in [1.54, 1.807) is 0 Å². The highest BCUT2D eigenvalue weighted by molar-refractivity contribution is 9.10. The van der Waals surface area contributed by atoms with Gasteiger partial charge in [-0.1, -0.05) is 58.4 Å². The highest BCUT2D eigenvalue weighted by Crippen LogP contribution is 2.14. The monoisotopic (exact) mass is 328 g/mol. The zero-order valence-electron chi connectivity index (χ0n) is 10.7. The Balaban J connectivity index is 2.02. The molecule has 0 saturated carbocycles. The molecule has 0 radical (unpaired) electrons.